The molecular weight excluding hydrogens is 435 g/mol. The van der Waals surface area contributed by atoms with Crippen LogP contribution in [-0.2, 0) is 11.2 Å². The Morgan fingerprint density at radius 2 is 1.91 bits per heavy atom. The second kappa shape index (κ2) is 9.87. The number of carbonyl (C=O) groups excluding carboxylic acids is 2. The Labute approximate surface area is 198 Å². The van der Waals surface area contributed by atoms with Gasteiger partial charge in [-0.3, -0.25) is 9.59 Å². The number of benzene rings is 2. The highest BCUT2D eigenvalue weighted by molar-refractivity contribution is 7.10. The van der Waals surface area contributed by atoms with Gasteiger partial charge in [0.15, 0.2) is 0 Å². The summed E-state index contributed by atoms with van der Waals surface area (Å²) in [5, 5.41) is 2.08. The van der Waals surface area contributed by atoms with Gasteiger partial charge in [-0.05, 0) is 60.0 Å². The maximum atomic E-state index is 13.7. The van der Waals surface area contributed by atoms with Crippen LogP contribution >= 0.6 is 11.3 Å². The van der Waals surface area contributed by atoms with E-state index in [1.165, 1.54) is 28.6 Å². The second-order valence-corrected chi connectivity index (χ2v) is 10.0. The molecule has 0 N–H and O–H groups in total. The van der Waals surface area contributed by atoms with Gasteiger partial charge in [0.05, 0.1) is 6.04 Å². The molecule has 0 saturated heterocycles. The molecule has 6 heteroatoms. The third kappa shape index (κ3) is 5.17. The van der Waals surface area contributed by atoms with Gasteiger partial charge in [0.25, 0.3) is 5.91 Å². The zero-order chi connectivity index (χ0) is 23.5. The fourth-order valence-corrected chi connectivity index (χ4v) is 5.32. The average Bonchev–Trinajstić information content (AvgIpc) is 3.27. The summed E-state index contributed by atoms with van der Waals surface area (Å²) in [7, 11) is 0. The number of nitrogens with zero attached hydrogens (tertiary/aromatic N) is 2. The Bertz CT molecular complexity index is 1140. The van der Waals surface area contributed by atoms with Crippen LogP contribution in [-0.4, -0.2) is 41.2 Å². The molecule has 0 fully saturated rings. The van der Waals surface area contributed by atoms with E-state index in [1.54, 1.807) is 22.3 Å². The van der Waals surface area contributed by atoms with E-state index in [0.717, 1.165) is 17.5 Å². The number of fused-ring (bicyclic) bond motifs is 1. The Balaban J connectivity index is 1.62. The molecule has 33 heavy (non-hydrogen) atoms. The molecule has 0 aliphatic carbocycles. The Morgan fingerprint density at radius 1 is 1.15 bits per heavy atom. The molecule has 3 aromatic rings. The molecule has 4 rings (SSSR count). The molecule has 0 saturated carbocycles. The van der Waals surface area contributed by atoms with Crippen LogP contribution in [0.1, 0.15) is 51.8 Å². The lowest BCUT2D eigenvalue weighted by atomic mass is 9.92. The molecular formula is C27H29FN2O2S. The van der Waals surface area contributed by atoms with Gasteiger partial charge in [-0.2, -0.15) is 0 Å². The van der Waals surface area contributed by atoms with Crippen LogP contribution in [0, 0.1) is 18.7 Å². The quantitative estimate of drug-likeness (QED) is 0.486. The van der Waals surface area contributed by atoms with E-state index in [0.29, 0.717) is 13.1 Å². The molecule has 2 heterocycles. The van der Waals surface area contributed by atoms with E-state index in [9.17, 15) is 14.0 Å². The van der Waals surface area contributed by atoms with Crippen molar-refractivity contribution >= 4 is 23.2 Å². The minimum Gasteiger partial charge on any atom is -0.330 e. The van der Waals surface area contributed by atoms with Crippen molar-refractivity contribution in [1.29, 1.82) is 0 Å². The standard InChI is InChI=1S/C27H29FN2O2S/c1-18(2)16-29(27(32)21-5-4-6-22(28)15-21)17-25(31)30-13-11-24-23(12-14-33-24)26(30)20-9-7-19(3)8-10-20/h4-10,12,14-15,18,26H,11,13,16-17H2,1-3H3. The predicted molar refractivity (Wildman–Crippen MR) is 130 cm³/mol. The molecule has 0 spiro atoms. The number of thiophene rings is 1. The van der Waals surface area contributed by atoms with Crippen molar-refractivity contribution in [2.75, 3.05) is 19.6 Å². The number of halogens is 1. The zero-order valence-corrected chi connectivity index (χ0v) is 20.1. The predicted octanol–water partition coefficient (Wildman–Crippen LogP) is 5.47. The summed E-state index contributed by atoms with van der Waals surface area (Å²) >= 11 is 1.73. The largest absolute Gasteiger partial charge is 0.330 e. The third-order valence-electron chi connectivity index (χ3n) is 5.95. The third-order valence-corrected chi connectivity index (χ3v) is 6.95. The smallest absolute Gasteiger partial charge is 0.254 e. The van der Waals surface area contributed by atoms with Gasteiger partial charge in [-0.25, -0.2) is 4.39 Å². The molecule has 2 aromatic carbocycles. The van der Waals surface area contributed by atoms with Gasteiger partial charge in [-0.1, -0.05) is 49.7 Å². The van der Waals surface area contributed by atoms with Crippen molar-refractivity contribution in [1.82, 2.24) is 9.80 Å². The molecule has 2 amide bonds. The maximum absolute atomic E-state index is 13.7. The summed E-state index contributed by atoms with van der Waals surface area (Å²) in [4.78, 5) is 31.6. The van der Waals surface area contributed by atoms with Crippen LogP contribution in [0.4, 0.5) is 4.39 Å². The first-order chi connectivity index (χ1) is 15.8. The van der Waals surface area contributed by atoms with Crippen LogP contribution in [0.25, 0.3) is 0 Å². The van der Waals surface area contributed by atoms with Crippen LogP contribution in [0.15, 0.2) is 60.0 Å². The molecule has 1 aromatic heterocycles. The summed E-state index contributed by atoms with van der Waals surface area (Å²) in [6.45, 7) is 7.05. The Kier molecular flexibility index (Phi) is 6.94. The van der Waals surface area contributed by atoms with Gasteiger partial charge < -0.3 is 9.80 Å². The molecule has 1 aliphatic heterocycles. The lowest BCUT2D eigenvalue weighted by molar-refractivity contribution is -0.134. The monoisotopic (exact) mass is 464 g/mol. The summed E-state index contributed by atoms with van der Waals surface area (Å²) in [5.41, 5.74) is 3.66. The minimum atomic E-state index is -0.461. The summed E-state index contributed by atoms with van der Waals surface area (Å²) in [5.74, 6) is -0.704. The lowest BCUT2D eigenvalue weighted by Gasteiger charge is -2.38. The van der Waals surface area contributed by atoms with Crippen molar-refractivity contribution in [3.63, 3.8) is 0 Å². The number of aryl methyl sites for hydroxylation is 1. The molecule has 4 nitrogen and oxygen atoms in total. The average molecular weight is 465 g/mol. The van der Waals surface area contributed by atoms with E-state index in [-0.39, 0.29) is 35.9 Å². The van der Waals surface area contributed by atoms with Crippen molar-refractivity contribution in [2.24, 2.45) is 5.92 Å². The summed E-state index contributed by atoms with van der Waals surface area (Å²) < 4.78 is 13.7. The van der Waals surface area contributed by atoms with Gasteiger partial charge in [0, 0.05) is 23.5 Å². The van der Waals surface area contributed by atoms with Crippen molar-refractivity contribution in [3.8, 4) is 0 Å². The van der Waals surface area contributed by atoms with Gasteiger partial charge in [0.1, 0.15) is 12.4 Å². The molecule has 1 atom stereocenters. The molecule has 0 radical (unpaired) electrons. The Hall–Kier alpha value is -2.99. The van der Waals surface area contributed by atoms with Crippen molar-refractivity contribution in [2.45, 2.75) is 33.2 Å². The van der Waals surface area contributed by atoms with Crippen molar-refractivity contribution in [3.05, 3.63) is 92.9 Å². The highest BCUT2D eigenvalue weighted by Gasteiger charge is 2.34. The van der Waals surface area contributed by atoms with Crippen LogP contribution in [0.2, 0.25) is 0 Å². The Morgan fingerprint density at radius 3 is 2.61 bits per heavy atom. The molecule has 1 unspecified atom stereocenters. The van der Waals surface area contributed by atoms with Crippen molar-refractivity contribution < 1.29 is 14.0 Å². The first kappa shape index (κ1) is 23.2. The first-order valence-corrected chi connectivity index (χ1v) is 12.2. The number of rotatable bonds is 6. The molecule has 1 aliphatic rings. The maximum Gasteiger partial charge on any atom is 0.254 e. The van der Waals surface area contributed by atoms with Gasteiger partial charge >= 0.3 is 0 Å². The summed E-state index contributed by atoms with van der Waals surface area (Å²) in [6, 6.07) is 15.9. The second-order valence-electron chi connectivity index (χ2n) is 9.04. The summed E-state index contributed by atoms with van der Waals surface area (Å²) in [6.07, 6.45) is 0.809. The fourth-order valence-electron chi connectivity index (χ4n) is 4.41. The van der Waals surface area contributed by atoms with E-state index < -0.39 is 5.82 Å². The number of hydrogen-bond acceptors (Lipinski definition) is 3. The lowest BCUT2D eigenvalue weighted by Crippen LogP contribution is -2.47. The number of carbonyl (C=O) groups is 2. The number of hydrogen-bond donors (Lipinski definition) is 0. The van der Waals surface area contributed by atoms with Gasteiger partial charge in [-0.15, -0.1) is 11.3 Å². The molecule has 172 valence electrons. The minimum absolute atomic E-state index is 0.0324. The van der Waals surface area contributed by atoms with Gasteiger partial charge in [0.2, 0.25) is 5.91 Å². The highest BCUT2D eigenvalue weighted by Crippen LogP contribution is 2.38. The molecule has 0 bridgehead atoms. The SMILES string of the molecule is Cc1ccc(C2c3ccsc3CCN2C(=O)CN(CC(C)C)C(=O)c2cccc(F)c2)cc1. The first-order valence-electron chi connectivity index (χ1n) is 11.3. The number of amides is 2. The van der Waals surface area contributed by atoms with E-state index in [2.05, 4.69) is 35.7 Å². The van der Waals surface area contributed by atoms with Crippen LogP contribution in [0.3, 0.4) is 0 Å². The van der Waals surface area contributed by atoms with Crippen LogP contribution < -0.4 is 0 Å². The topological polar surface area (TPSA) is 40.6 Å². The zero-order valence-electron chi connectivity index (χ0n) is 19.3. The fraction of sp³-hybridized carbons (Fsp3) is 0.333. The normalized spacial score (nSPS) is 15.4. The highest BCUT2D eigenvalue weighted by atomic mass is 32.1. The van der Waals surface area contributed by atoms with Crippen LogP contribution in [0.5, 0.6) is 0 Å². The van der Waals surface area contributed by atoms with E-state index in [4.69, 9.17) is 0 Å². The van der Waals surface area contributed by atoms with E-state index in [1.807, 2.05) is 25.7 Å². The van der Waals surface area contributed by atoms with E-state index >= 15 is 0 Å².